The monoisotopic (exact) mass is 227 g/mol. The van der Waals surface area contributed by atoms with E-state index < -0.39 is 0 Å². The zero-order valence-electron chi connectivity index (χ0n) is 10.2. The topological polar surface area (TPSA) is 20.3 Å². The highest BCUT2D eigenvalue weighted by Gasteiger charge is 2.68. The van der Waals surface area contributed by atoms with E-state index in [0.29, 0.717) is 5.91 Å². The summed E-state index contributed by atoms with van der Waals surface area (Å²) in [6.45, 7) is 10.8. The smallest absolute Gasteiger partial charge is 0.226 e. The summed E-state index contributed by atoms with van der Waals surface area (Å²) in [4.78, 5) is 14.4. The van der Waals surface area contributed by atoms with Gasteiger partial charge in [-0.3, -0.25) is 4.79 Å². The van der Waals surface area contributed by atoms with Crippen LogP contribution in [0.25, 0.3) is 0 Å². The number of carbonyl (C=O) groups excluding carboxylic acids is 1. The van der Waals surface area contributed by atoms with Crippen LogP contribution in [0.4, 0.5) is 0 Å². The minimum absolute atomic E-state index is 0.189. The van der Waals surface area contributed by atoms with Crippen LogP contribution in [0.3, 0.4) is 0 Å². The van der Waals surface area contributed by atoms with Gasteiger partial charge in [0.1, 0.15) is 0 Å². The zero-order valence-corrected chi connectivity index (χ0v) is 11.0. The molecular formula is C12H21NOS. The summed E-state index contributed by atoms with van der Waals surface area (Å²) < 4.78 is 0. The van der Waals surface area contributed by atoms with Gasteiger partial charge in [-0.2, -0.15) is 11.8 Å². The quantitative estimate of drug-likeness (QED) is 0.685. The Hall–Kier alpha value is -0.180. The highest BCUT2D eigenvalue weighted by molar-refractivity contribution is 7.99. The van der Waals surface area contributed by atoms with E-state index in [2.05, 4.69) is 32.6 Å². The van der Waals surface area contributed by atoms with Crippen molar-refractivity contribution in [1.82, 2.24) is 4.90 Å². The Morgan fingerprint density at radius 2 is 1.60 bits per heavy atom. The van der Waals surface area contributed by atoms with Crippen molar-refractivity contribution in [2.24, 2.45) is 16.7 Å². The van der Waals surface area contributed by atoms with Crippen LogP contribution in [0.2, 0.25) is 0 Å². The molecule has 0 N–H and O–H groups in total. The average molecular weight is 227 g/mol. The number of carbonyl (C=O) groups is 1. The fraction of sp³-hybridized carbons (Fsp3) is 0.917. The van der Waals surface area contributed by atoms with Crippen LogP contribution in [0.5, 0.6) is 0 Å². The van der Waals surface area contributed by atoms with Crippen molar-refractivity contribution in [2.45, 2.75) is 27.7 Å². The van der Waals surface area contributed by atoms with Crippen molar-refractivity contribution in [3.63, 3.8) is 0 Å². The van der Waals surface area contributed by atoms with E-state index in [1.54, 1.807) is 0 Å². The summed E-state index contributed by atoms with van der Waals surface area (Å²) in [7, 11) is 0. The third-order valence-corrected chi connectivity index (χ3v) is 5.53. The third-order valence-electron chi connectivity index (χ3n) is 4.59. The summed E-state index contributed by atoms with van der Waals surface area (Å²) in [5.41, 5.74) is 0.378. The van der Waals surface area contributed by atoms with Crippen molar-refractivity contribution in [3.8, 4) is 0 Å². The second-order valence-corrected chi connectivity index (χ2v) is 7.04. The van der Waals surface area contributed by atoms with Gasteiger partial charge >= 0.3 is 0 Å². The van der Waals surface area contributed by atoms with Gasteiger partial charge < -0.3 is 4.90 Å². The Balaban J connectivity index is 2.04. The summed E-state index contributed by atoms with van der Waals surface area (Å²) in [6.07, 6.45) is 0. The standard InChI is InChI=1S/C12H21NOS/c1-11(2)9(12(11,3)4)10(14)13-5-7-15-8-6-13/h9H,5-8H2,1-4H3. The maximum Gasteiger partial charge on any atom is 0.226 e. The first-order chi connectivity index (χ1) is 6.89. The lowest BCUT2D eigenvalue weighted by Gasteiger charge is -2.27. The molecule has 2 fully saturated rings. The summed E-state index contributed by atoms with van der Waals surface area (Å²) in [5, 5.41) is 0. The summed E-state index contributed by atoms with van der Waals surface area (Å²) in [6, 6.07) is 0. The summed E-state index contributed by atoms with van der Waals surface area (Å²) in [5.74, 6) is 2.86. The summed E-state index contributed by atoms with van der Waals surface area (Å²) >= 11 is 1.95. The second kappa shape index (κ2) is 3.41. The van der Waals surface area contributed by atoms with E-state index in [1.165, 1.54) is 0 Å². The van der Waals surface area contributed by atoms with Gasteiger partial charge in [0.25, 0.3) is 0 Å². The van der Waals surface area contributed by atoms with Crippen LogP contribution in [-0.4, -0.2) is 35.4 Å². The first kappa shape index (κ1) is 11.3. The second-order valence-electron chi connectivity index (χ2n) is 5.81. The molecule has 0 unspecified atom stereocenters. The molecule has 0 radical (unpaired) electrons. The van der Waals surface area contributed by atoms with E-state index in [4.69, 9.17) is 0 Å². The van der Waals surface area contributed by atoms with Gasteiger partial charge in [0.15, 0.2) is 0 Å². The first-order valence-electron chi connectivity index (χ1n) is 5.75. The molecule has 2 nitrogen and oxygen atoms in total. The molecule has 2 aliphatic rings. The average Bonchev–Trinajstić information content (AvgIpc) is 2.58. The molecule has 1 heterocycles. The van der Waals surface area contributed by atoms with E-state index in [9.17, 15) is 4.79 Å². The van der Waals surface area contributed by atoms with Gasteiger partial charge in [-0.25, -0.2) is 0 Å². The molecule has 0 aromatic carbocycles. The number of nitrogens with zero attached hydrogens (tertiary/aromatic N) is 1. The van der Waals surface area contributed by atoms with Crippen LogP contribution < -0.4 is 0 Å². The van der Waals surface area contributed by atoms with Crippen molar-refractivity contribution in [2.75, 3.05) is 24.6 Å². The van der Waals surface area contributed by atoms with Crippen LogP contribution in [0.1, 0.15) is 27.7 Å². The van der Waals surface area contributed by atoms with Crippen LogP contribution in [-0.2, 0) is 4.79 Å². The number of rotatable bonds is 1. The van der Waals surface area contributed by atoms with Crippen LogP contribution in [0.15, 0.2) is 0 Å². The molecule has 0 aromatic heterocycles. The van der Waals surface area contributed by atoms with Crippen molar-refractivity contribution in [3.05, 3.63) is 0 Å². The molecule has 1 saturated heterocycles. The van der Waals surface area contributed by atoms with Gasteiger partial charge in [-0.05, 0) is 10.8 Å². The van der Waals surface area contributed by atoms with E-state index >= 15 is 0 Å². The number of amides is 1. The number of hydrogen-bond acceptors (Lipinski definition) is 2. The Labute approximate surface area is 96.8 Å². The Bertz CT molecular complexity index is 265. The molecule has 0 aromatic rings. The van der Waals surface area contributed by atoms with Gasteiger partial charge in [0, 0.05) is 30.5 Å². The maximum absolute atomic E-state index is 12.3. The molecule has 3 heteroatoms. The molecule has 2 rings (SSSR count). The van der Waals surface area contributed by atoms with E-state index in [0.717, 1.165) is 24.6 Å². The molecule has 0 spiro atoms. The van der Waals surface area contributed by atoms with Gasteiger partial charge in [0.05, 0.1) is 0 Å². The molecule has 15 heavy (non-hydrogen) atoms. The molecule has 1 aliphatic carbocycles. The highest BCUT2D eigenvalue weighted by Crippen LogP contribution is 2.68. The Morgan fingerprint density at radius 3 is 2.00 bits per heavy atom. The molecule has 1 saturated carbocycles. The SMILES string of the molecule is CC1(C)C(C(=O)N2CCSCC2)C1(C)C. The van der Waals surface area contributed by atoms with Crippen molar-refractivity contribution < 1.29 is 4.79 Å². The van der Waals surface area contributed by atoms with Crippen molar-refractivity contribution in [1.29, 1.82) is 0 Å². The third kappa shape index (κ3) is 1.59. The molecule has 0 bridgehead atoms. The largest absolute Gasteiger partial charge is 0.341 e. The lowest BCUT2D eigenvalue weighted by atomic mass is 10.0. The molecule has 0 atom stereocenters. The minimum Gasteiger partial charge on any atom is -0.341 e. The maximum atomic E-state index is 12.3. The lowest BCUT2D eigenvalue weighted by molar-refractivity contribution is -0.133. The van der Waals surface area contributed by atoms with Gasteiger partial charge in [0.2, 0.25) is 5.91 Å². The normalized spacial score (nSPS) is 28.9. The minimum atomic E-state index is 0.189. The highest BCUT2D eigenvalue weighted by atomic mass is 32.2. The molecule has 1 aliphatic heterocycles. The molecule has 1 amide bonds. The number of thioether (sulfide) groups is 1. The fourth-order valence-electron chi connectivity index (χ4n) is 2.78. The van der Waals surface area contributed by atoms with Gasteiger partial charge in [-0.1, -0.05) is 27.7 Å². The Morgan fingerprint density at radius 1 is 1.13 bits per heavy atom. The molecule has 86 valence electrons. The fourth-order valence-corrected chi connectivity index (χ4v) is 3.68. The van der Waals surface area contributed by atoms with Crippen molar-refractivity contribution >= 4 is 17.7 Å². The Kier molecular flexibility index (Phi) is 2.57. The lowest BCUT2D eigenvalue weighted by Crippen LogP contribution is -2.40. The van der Waals surface area contributed by atoms with E-state index in [-0.39, 0.29) is 16.7 Å². The van der Waals surface area contributed by atoms with E-state index in [1.807, 2.05) is 11.8 Å². The van der Waals surface area contributed by atoms with Crippen LogP contribution in [0, 0.1) is 16.7 Å². The van der Waals surface area contributed by atoms with Gasteiger partial charge in [-0.15, -0.1) is 0 Å². The zero-order chi connectivity index (χ0) is 11.3. The molecular weight excluding hydrogens is 206 g/mol. The predicted molar refractivity (Wildman–Crippen MR) is 65.0 cm³/mol. The predicted octanol–water partition coefficient (Wildman–Crippen LogP) is 2.24. The van der Waals surface area contributed by atoms with Crippen LogP contribution >= 0.6 is 11.8 Å². The first-order valence-corrected chi connectivity index (χ1v) is 6.91. The number of hydrogen-bond donors (Lipinski definition) is 0.